The van der Waals surface area contributed by atoms with Crippen molar-refractivity contribution in [2.75, 3.05) is 0 Å². The Balaban J connectivity index is 3.00. The minimum absolute atomic E-state index is 0.0980. The van der Waals surface area contributed by atoms with Crippen LogP contribution in [0.15, 0.2) is 11.3 Å². The van der Waals surface area contributed by atoms with Gasteiger partial charge in [0, 0.05) is 25.0 Å². The van der Waals surface area contributed by atoms with Crippen LogP contribution in [0, 0.1) is 17.8 Å². The summed E-state index contributed by atoms with van der Waals surface area (Å²) < 4.78 is 0. The molecular formula is C15H18ClNO3. The zero-order valence-corrected chi connectivity index (χ0v) is 12.6. The maximum atomic E-state index is 12.1. The summed E-state index contributed by atoms with van der Waals surface area (Å²) in [7, 11) is 0. The highest BCUT2D eigenvalue weighted by atomic mass is 35.5. The number of Topliss-reactive ketones (excluding diaryl/α,β-unsaturated/α-hetero) is 2. The molecule has 1 rings (SSSR count). The number of carbonyl (C=O) groups is 3. The van der Waals surface area contributed by atoms with E-state index in [0.29, 0.717) is 18.5 Å². The highest BCUT2D eigenvalue weighted by molar-refractivity contribution is 6.64. The lowest BCUT2D eigenvalue weighted by atomic mass is 9.73. The highest BCUT2D eigenvalue weighted by Gasteiger charge is 2.37. The molecule has 0 spiro atoms. The first-order valence-electron chi connectivity index (χ1n) is 6.34. The van der Waals surface area contributed by atoms with Gasteiger partial charge in [0.2, 0.25) is 5.24 Å². The van der Waals surface area contributed by atoms with Gasteiger partial charge in [0.1, 0.15) is 6.04 Å². The Morgan fingerprint density at radius 1 is 1.40 bits per heavy atom. The molecule has 0 amide bonds. The fraction of sp³-hybridized carbons (Fsp3) is 0.533. The molecule has 0 saturated heterocycles. The number of carbonyl (C=O) groups excluding carboxylic acids is 3. The second-order valence-electron chi connectivity index (χ2n) is 5.77. The molecule has 1 aliphatic rings. The van der Waals surface area contributed by atoms with Gasteiger partial charge in [-0.05, 0) is 23.9 Å². The van der Waals surface area contributed by atoms with E-state index in [4.69, 9.17) is 18.0 Å². The van der Waals surface area contributed by atoms with Crippen LogP contribution in [0.4, 0.5) is 0 Å². The predicted molar refractivity (Wildman–Crippen MR) is 77.0 cm³/mol. The van der Waals surface area contributed by atoms with E-state index >= 15 is 0 Å². The first-order valence-corrected chi connectivity index (χ1v) is 6.72. The number of hydrogen-bond donors (Lipinski definition) is 1. The Labute approximate surface area is 123 Å². The van der Waals surface area contributed by atoms with Gasteiger partial charge in [-0.15, -0.1) is 12.3 Å². The summed E-state index contributed by atoms with van der Waals surface area (Å²) in [6.07, 6.45) is 5.87. The molecule has 1 aliphatic carbocycles. The molecule has 1 N–H and O–H groups in total. The zero-order valence-electron chi connectivity index (χ0n) is 11.9. The third-order valence-corrected chi connectivity index (χ3v) is 3.46. The van der Waals surface area contributed by atoms with Crippen LogP contribution < -0.4 is 5.32 Å². The Hall–Kier alpha value is -1.60. The van der Waals surface area contributed by atoms with E-state index in [-0.39, 0.29) is 29.0 Å². The molecule has 108 valence electrons. The minimum atomic E-state index is -0.787. The Morgan fingerprint density at radius 3 is 2.30 bits per heavy atom. The van der Waals surface area contributed by atoms with Crippen LogP contribution in [0.3, 0.4) is 0 Å². The van der Waals surface area contributed by atoms with Gasteiger partial charge in [-0.25, -0.2) is 0 Å². The molecular weight excluding hydrogens is 278 g/mol. The number of terminal acetylenes is 1. The number of allylic oxidation sites excluding steroid dienone is 2. The van der Waals surface area contributed by atoms with Crippen molar-refractivity contribution in [3.63, 3.8) is 0 Å². The van der Waals surface area contributed by atoms with Crippen molar-refractivity contribution in [2.45, 2.75) is 46.1 Å². The van der Waals surface area contributed by atoms with Crippen molar-refractivity contribution in [3.8, 4) is 12.3 Å². The van der Waals surface area contributed by atoms with Gasteiger partial charge in [0.15, 0.2) is 11.6 Å². The fourth-order valence-electron chi connectivity index (χ4n) is 2.32. The molecule has 0 heterocycles. The van der Waals surface area contributed by atoms with E-state index < -0.39 is 11.3 Å². The summed E-state index contributed by atoms with van der Waals surface area (Å²) in [4.78, 5) is 35.4. The van der Waals surface area contributed by atoms with Gasteiger partial charge in [-0.2, -0.15) is 0 Å². The van der Waals surface area contributed by atoms with E-state index in [1.165, 1.54) is 0 Å². The molecule has 0 radical (unpaired) electrons. The molecule has 1 fully saturated rings. The molecule has 0 unspecified atom stereocenters. The molecule has 4 nitrogen and oxygen atoms in total. The van der Waals surface area contributed by atoms with Crippen LogP contribution in [0.1, 0.15) is 40.0 Å². The second-order valence-corrected chi connectivity index (χ2v) is 6.15. The molecule has 0 aromatic carbocycles. The third-order valence-electron chi connectivity index (χ3n) is 3.20. The van der Waals surface area contributed by atoms with Gasteiger partial charge >= 0.3 is 0 Å². The third kappa shape index (κ3) is 3.94. The first-order chi connectivity index (χ1) is 9.18. The molecule has 0 aromatic heterocycles. The smallest absolute Gasteiger partial charge is 0.244 e. The van der Waals surface area contributed by atoms with Gasteiger partial charge in [0.05, 0.1) is 5.57 Å². The number of rotatable bonds is 4. The quantitative estimate of drug-likeness (QED) is 0.373. The Kier molecular flexibility index (Phi) is 5.13. The molecule has 1 saturated carbocycles. The average Bonchev–Trinajstić information content (AvgIpc) is 2.25. The Morgan fingerprint density at radius 2 is 1.90 bits per heavy atom. The largest absolute Gasteiger partial charge is 0.376 e. The highest BCUT2D eigenvalue weighted by Crippen LogP contribution is 2.34. The van der Waals surface area contributed by atoms with Crippen LogP contribution in [0.25, 0.3) is 0 Å². The molecule has 5 heteroatoms. The van der Waals surface area contributed by atoms with Gasteiger partial charge < -0.3 is 5.32 Å². The summed E-state index contributed by atoms with van der Waals surface area (Å²) in [6, 6.07) is -0.787. The van der Waals surface area contributed by atoms with Crippen LogP contribution >= 0.6 is 11.6 Å². The summed E-state index contributed by atoms with van der Waals surface area (Å²) in [6.45, 7) is 5.35. The van der Waals surface area contributed by atoms with Crippen LogP contribution in [-0.2, 0) is 14.4 Å². The van der Waals surface area contributed by atoms with Gasteiger partial charge in [-0.3, -0.25) is 14.4 Å². The average molecular weight is 296 g/mol. The standard InChI is InChI=1S/C15H18ClNO3/c1-5-6-10(14(16)20)17-9(2)13-11(18)7-15(3,4)8-12(13)19/h1,10,17H,6-8H2,2-4H3/t10-/m0/s1. The number of halogens is 1. The van der Waals surface area contributed by atoms with Crippen LogP contribution in [-0.4, -0.2) is 22.9 Å². The first kappa shape index (κ1) is 16.5. The zero-order chi connectivity index (χ0) is 15.5. The van der Waals surface area contributed by atoms with E-state index in [1.807, 2.05) is 13.8 Å². The lowest BCUT2D eigenvalue weighted by Crippen LogP contribution is -2.38. The normalized spacial score (nSPS) is 19.2. The lowest BCUT2D eigenvalue weighted by molar-refractivity contribution is -0.127. The fourth-order valence-corrected chi connectivity index (χ4v) is 2.45. The van der Waals surface area contributed by atoms with E-state index in [1.54, 1.807) is 6.92 Å². The number of nitrogens with one attached hydrogen (secondary N) is 1. The number of ketones is 2. The Bertz CT molecular complexity index is 504. The van der Waals surface area contributed by atoms with Crippen molar-refractivity contribution >= 4 is 28.4 Å². The summed E-state index contributed by atoms with van der Waals surface area (Å²) in [5.41, 5.74) is 0.173. The minimum Gasteiger partial charge on any atom is -0.376 e. The molecule has 0 bridgehead atoms. The molecule has 1 atom stereocenters. The second kappa shape index (κ2) is 6.23. The SMILES string of the molecule is C#CC[C@H](NC(C)=C1C(=O)CC(C)(C)CC1=O)C(=O)Cl. The van der Waals surface area contributed by atoms with Crippen molar-refractivity contribution < 1.29 is 14.4 Å². The van der Waals surface area contributed by atoms with Gasteiger partial charge in [-0.1, -0.05) is 13.8 Å². The predicted octanol–water partition coefficient (Wildman–Crippen LogP) is 1.97. The van der Waals surface area contributed by atoms with E-state index in [9.17, 15) is 14.4 Å². The summed E-state index contributed by atoms with van der Waals surface area (Å²) >= 11 is 5.43. The maximum absolute atomic E-state index is 12.1. The van der Waals surface area contributed by atoms with Crippen molar-refractivity contribution in [1.29, 1.82) is 0 Å². The van der Waals surface area contributed by atoms with Crippen LogP contribution in [0.2, 0.25) is 0 Å². The van der Waals surface area contributed by atoms with Crippen molar-refractivity contribution in [3.05, 3.63) is 11.3 Å². The molecule has 20 heavy (non-hydrogen) atoms. The van der Waals surface area contributed by atoms with Crippen molar-refractivity contribution in [1.82, 2.24) is 5.32 Å². The van der Waals surface area contributed by atoms with E-state index in [0.717, 1.165) is 0 Å². The maximum Gasteiger partial charge on any atom is 0.244 e. The molecule has 0 aromatic rings. The topological polar surface area (TPSA) is 63.2 Å². The lowest BCUT2D eigenvalue weighted by Gasteiger charge is -2.29. The van der Waals surface area contributed by atoms with E-state index in [2.05, 4.69) is 11.2 Å². The molecule has 0 aliphatic heterocycles. The van der Waals surface area contributed by atoms with Crippen LogP contribution in [0.5, 0.6) is 0 Å². The number of hydrogen-bond acceptors (Lipinski definition) is 4. The van der Waals surface area contributed by atoms with Crippen molar-refractivity contribution in [2.24, 2.45) is 5.41 Å². The summed E-state index contributed by atoms with van der Waals surface area (Å²) in [5.74, 6) is 1.91. The van der Waals surface area contributed by atoms with Gasteiger partial charge in [0.25, 0.3) is 0 Å². The monoisotopic (exact) mass is 295 g/mol. The summed E-state index contributed by atoms with van der Waals surface area (Å²) in [5, 5.41) is 2.15.